The average molecular weight is 377 g/mol. The summed E-state index contributed by atoms with van der Waals surface area (Å²) in [7, 11) is 0. The number of unbranched alkanes of at least 4 members (excludes halogenated alkanes) is 1. The third-order valence-electron chi connectivity index (χ3n) is 4.42. The molecule has 0 bridgehead atoms. The van der Waals surface area contributed by atoms with Gasteiger partial charge in [-0.3, -0.25) is 4.99 Å². The van der Waals surface area contributed by atoms with E-state index in [-0.39, 0.29) is 5.92 Å². The van der Waals surface area contributed by atoms with Crippen LogP contribution in [0.5, 0.6) is 0 Å². The van der Waals surface area contributed by atoms with Crippen LogP contribution in [0.25, 0.3) is 0 Å². The molecular weight excluding hydrogens is 340 g/mol. The van der Waals surface area contributed by atoms with E-state index >= 15 is 0 Å². The topological polar surface area (TPSA) is 60.3 Å². The maximum absolute atomic E-state index is 7.83. The van der Waals surface area contributed by atoms with Gasteiger partial charge in [-0.05, 0) is 61.8 Å². The first-order chi connectivity index (χ1) is 12.5. The van der Waals surface area contributed by atoms with E-state index in [0.29, 0.717) is 5.92 Å². The summed E-state index contributed by atoms with van der Waals surface area (Å²) in [6.07, 6.45) is 9.33. The third-order valence-corrected chi connectivity index (χ3v) is 5.31. The van der Waals surface area contributed by atoms with Crippen LogP contribution in [0.3, 0.4) is 0 Å². The molecule has 0 aliphatic carbocycles. The summed E-state index contributed by atoms with van der Waals surface area (Å²) in [6.45, 7) is 15.7. The molecule has 0 aromatic heterocycles. The van der Waals surface area contributed by atoms with Crippen LogP contribution in [-0.2, 0) is 0 Å². The van der Waals surface area contributed by atoms with Gasteiger partial charge in [-0.15, -0.1) is 0 Å². The number of piperidine rings is 1. The predicted octanol–water partition coefficient (Wildman–Crippen LogP) is 5.81. The Hall–Kier alpha value is -1.49. The van der Waals surface area contributed by atoms with E-state index in [9.17, 15) is 0 Å². The van der Waals surface area contributed by atoms with Gasteiger partial charge in [-0.1, -0.05) is 47.1 Å². The van der Waals surface area contributed by atoms with E-state index < -0.39 is 0 Å². The lowest BCUT2D eigenvalue weighted by molar-refractivity contribution is 0.588. The minimum absolute atomic E-state index is 0.281. The monoisotopic (exact) mass is 376 g/mol. The highest BCUT2D eigenvalue weighted by Gasteiger charge is 2.18. The van der Waals surface area contributed by atoms with Crippen LogP contribution in [0, 0.1) is 17.2 Å². The predicted molar refractivity (Wildman–Crippen MR) is 118 cm³/mol. The Morgan fingerprint density at radius 3 is 2.50 bits per heavy atom. The summed E-state index contributed by atoms with van der Waals surface area (Å²) in [6, 6.07) is 0. The number of hydrogen-bond donors (Lipinski definition) is 3. The van der Waals surface area contributed by atoms with E-state index in [0.717, 1.165) is 42.1 Å². The molecule has 0 amide bonds. The zero-order chi connectivity index (χ0) is 19.5. The molecule has 26 heavy (non-hydrogen) atoms. The molecule has 0 spiro atoms. The highest BCUT2D eigenvalue weighted by atomic mass is 32.2. The quantitative estimate of drug-likeness (QED) is 0.256. The Balaban J connectivity index is 3.21. The molecule has 1 fully saturated rings. The van der Waals surface area contributed by atoms with Crippen molar-refractivity contribution in [3.05, 3.63) is 33.6 Å². The van der Waals surface area contributed by atoms with Crippen LogP contribution in [0.4, 0.5) is 0 Å². The maximum atomic E-state index is 7.83. The number of rotatable bonds is 10. The van der Waals surface area contributed by atoms with Crippen LogP contribution >= 0.6 is 11.9 Å². The minimum Gasteiger partial charge on any atom is -0.387 e. The summed E-state index contributed by atoms with van der Waals surface area (Å²) in [5.74, 6) is 0.673. The lowest BCUT2D eigenvalue weighted by Gasteiger charge is -2.23. The summed E-state index contributed by atoms with van der Waals surface area (Å²) in [5, 5.41) is 11.3. The molecule has 4 nitrogen and oxygen atoms in total. The highest BCUT2D eigenvalue weighted by Crippen LogP contribution is 2.30. The van der Waals surface area contributed by atoms with Crippen LogP contribution in [0.15, 0.2) is 38.6 Å². The van der Waals surface area contributed by atoms with Gasteiger partial charge in [0.15, 0.2) is 0 Å². The van der Waals surface area contributed by atoms with Crippen molar-refractivity contribution in [1.82, 2.24) is 10.0 Å². The van der Waals surface area contributed by atoms with Crippen LogP contribution < -0.4 is 10.0 Å². The smallest absolute Gasteiger partial charge is 0.0695 e. The van der Waals surface area contributed by atoms with Gasteiger partial charge in [-0.25, -0.2) is 0 Å². The summed E-state index contributed by atoms with van der Waals surface area (Å²) < 4.78 is 3.54. The summed E-state index contributed by atoms with van der Waals surface area (Å²) in [5.41, 5.74) is 4.49. The molecule has 0 atom stereocenters. The largest absolute Gasteiger partial charge is 0.387 e. The van der Waals surface area contributed by atoms with Crippen molar-refractivity contribution in [3.63, 3.8) is 0 Å². The molecule has 3 N–H and O–H groups in total. The molecule has 0 saturated carbocycles. The SMILES string of the molecule is C=N/C(=C(NS/C(C=N)=C1\CCCCN1)\C(=C/CCC)C(C)C)C(C)C. The van der Waals surface area contributed by atoms with Crippen molar-refractivity contribution in [2.45, 2.75) is 66.7 Å². The van der Waals surface area contributed by atoms with Gasteiger partial charge in [0.25, 0.3) is 0 Å². The van der Waals surface area contributed by atoms with Crippen molar-refractivity contribution in [2.24, 2.45) is 16.8 Å². The molecule has 1 aliphatic heterocycles. The molecule has 0 unspecified atom stereocenters. The van der Waals surface area contributed by atoms with Gasteiger partial charge in [0.2, 0.25) is 0 Å². The Morgan fingerprint density at radius 1 is 1.31 bits per heavy atom. The van der Waals surface area contributed by atoms with E-state index in [1.807, 2.05) is 0 Å². The molecule has 1 rings (SSSR count). The van der Waals surface area contributed by atoms with Crippen molar-refractivity contribution in [2.75, 3.05) is 6.54 Å². The van der Waals surface area contributed by atoms with Crippen molar-refractivity contribution in [3.8, 4) is 0 Å². The van der Waals surface area contributed by atoms with Crippen molar-refractivity contribution in [1.29, 1.82) is 5.41 Å². The summed E-state index contributed by atoms with van der Waals surface area (Å²) in [4.78, 5) is 5.29. The van der Waals surface area contributed by atoms with Gasteiger partial charge in [0.05, 0.1) is 16.3 Å². The van der Waals surface area contributed by atoms with E-state index in [1.54, 1.807) is 0 Å². The lowest BCUT2D eigenvalue weighted by Crippen LogP contribution is -2.22. The average Bonchev–Trinajstić information content (AvgIpc) is 2.62. The van der Waals surface area contributed by atoms with Gasteiger partial charge in [-0.2, -0.15) is 0 Å². The Morgan fingerprint density at radius 2 is 2.04 bits per heavy atom. The molecule has 1 aliphatic rings. The van der Waals surface area contributed by atoms with E-state index in [2.05, 4.69) is 62.4 Å². The first-order valence-corrected chi connectivity index (χ1v) is 10.6. The number of allylic oxidation sites excluding steroid dienone is 5. The van der Waals surface area contributed by atoms with Gasteiger partial charge in [0, 0.05) is 18.5 Å². The number of aliphatic imine (C=N–C) groups is 1. The zero-order valence-corrected chi connectivity index (χ0v) is 17.9. The lowest BCUT2D eigenvalue weighted by atomic mass is 9.95. The number of nitrogens with one attached hydrogen (secondary N) is 3. The Bertz CT molecular complexity index is 563. The fraction of sp³-hybridized carbons (Fsp3) is 0.619. The van der Waals surface area contributed by atoms with E-state index in [1.165, 1.54) is 42.3 Å². The number of nitrogens with zero attached hydrogens (tertiary/aromatic N) is 1. The van der Waals surface area contributed by atoms with Gasteiger partial charge in [0.1, 0.15) is 0 Å². The molecule has 1 heterocycles. The van der Waals surface area contributed by atoms with Crippen LogP contribution in [0.2, 0.25) is 0 Å². The fourth-order valence-corrected chi connectivity index (χ4v) is 3.78. The molecule has 146 valence electrons. The molecule has 5 heteroatoms. The Labute approximate surface area is 164 Å². The standard InChI is InChI=1S/C21H36N4S/c1-7-8-11-17(15(2)3)21(20(23-6)16(4)5)25-26-19(14-22)18-12-9-10-13-24-18/h11,14-16,22,24-25H,6-10,12-13H2,1-5H3/b17-11-,19-18+,21-20+,22-14?. The van der Waals surface area contributed by atoms with E-state index in [4.69, 9.17) is 5.41 Å². The normalized spacial score (nSPS) is 18.3. The Kier molecular flexibility index (Phi) is 10.4. The molecule has 0 aromatic rings. The molecule has 0 radical (unpaired) electrons. The second kappa shape index (κ2) is 12.0. The highest BCUT2D eigenvalue weighted by molar-refractivity contribution is 8.02. The maximum Gasteiger partial charge on any atom is 0.0695 e. The number of hydrogen-bond acceptors (Lipinski definition) is 5. The molecule has 1 saturated heterocycles. The van der Waals surface area contributed by atoms with Crippen molar-refractivity contribution >= 4 is 24.9 Å². The summed E-state index contributed by atoms with van der Waals surface area (Å²) >= 11 is 1.51. The van der Waals surface area contributed by atoms with Gasteiger partial charge < -0.3 is 15.4 Å². The second-order valence-electron chi connectivity index (χ2n) is 7.25. The van der Waals surface area contributed by atoms with Crippen molar-refractivity contribution < 1.29 is 0 Å². The first-order valence-electron chi connectivity index (χ1n) is 9.77. The van der Waals surface area contributed by atoms with Crippen LogP contribution in [-0.4, -0.2) is 19.5 Å². The molecule has 0 aromatic carbocycles. The fourth-order valence-electron chi connectivity index (χ4n) is 2.98. The first kappa shape index (κ1) is 22.6. The second-order valence-corrected chi connectivity index (χ2v) is 8.10. The van der Waals surface area contributed by atoms with Gasteiger partial charge >= 0.3 is 0 Å². The zero-order valence-electron chi connectivity index (χ0n) is 17.1. The third kappa shape index (κ3) is 6.67. The minimum atomic E-state index is 0.281. The van der Waals surface area contributed by atoms with Crippen LogP contribution in [0.1, 0.15) is 66.7 Å². The molecular formula is C21H36N4S.